The predicted molar refractivity (Wildman–Crippen MR) is 67.4 cm³/mol. The lowest BCUT2D eigenvalue weighted by Gasteiger charge is -2.26. The van der Waals surface area contributed by atoms with Crippen molar-refractivity contribution in [2.45, 2.75) is 12.5 Å². The first-order valence-corrected chi connectivity index (χ1v) is 6.23. The molecule has 6 nitrogen and oxygen atoms in total. The van der Waals surface area contributed by atoms with Crippen molar-refractivity contribution in [3.63, 3.8) is 0 Å². The van der Waals surface area contributed by atoms with E-state index in [9.17, 15) is 9.59 Å². The quantitative estimate of drug-likeness (QED) is 0.552. The fourth-order valence-electron chi connectivity index (χ4n) is 1.17. The molecule has 0 unspecified atom stereocenters. The first-order valence-electron chi connectivity index (χ1n) is 5.35. The summed E-state index contributed by atoms with van der Waals surface area (Å²) in [5, 5.41) is 24.7. The van der Waals surface area contributed by atoms with Crippen LogP contribution in [0.25, 0.3) is 0 Å². The fourth-order valence-corrected chi connectivity index (χ4v) is 1.81. The second-order valence-corrected chi connectivity index (χ2v) is 5.03. The number of hydrogen-bond acceptors (Lipinski definition) is 5. The van der Waals surface area contributed by atoms with Gasteiger partial charge in [-0.1, -0.05) is 6.07 Å². The number of amides is 2. The van der Waals surface area contributed by atoms with Crippen LogP contribution < -0.4 is 10.6 Å². The van der Waals surface area contributed by atoms with E-state index in [1.165, 1.54) is 18.3 Å². The van der Waals surface area contributed by atoms with Crippen LogP contribution in [0.1, 0.15) is 16.6 Å². The maximum absolute atomic E-state index is 11.5. The second kappa shape index (κ2) is 6.48. The van der Waals surface area contributed by atoms with Gasteiger partial charge in [0.2, 0.25) is 5.91 Å². The molecule has 18 heavy (non-hydrogen) atoms. The van der Waals surface area contributed by atoms with E-state index in [1.54, 1.807) is 17.5 Å². The van der Waals surface area contributed by atoms with Gasteiger partial charge in [-0.3, -0.25) is 9.59 Å². The second-order valence-electron chi connectivity index (χ2n) is 4.09. The maximum atomic E-state index is 11.5. The van der Waals surface area contributed by atoms with Gasteiger partial charge in [-0.2, -0.15) is 0 Å². The molecule has 4 N–H and O–H groups in total. The number of thiophene rings is 1. The lowest BCUT2D eigenvalue weighted by Crippen LogP contribution is -2.54. The minimum atomic E-state index is -1.08. The molecule has 0 aliphatic carbocycles. The van der Waals surface area contributed by atoms with Gasteiger partial charge in [-0.05, 0) is 18.4 Å². The van der Waals surface area contributed by atoms with E-state index in [0.29, 0.717) is 4.88 Å². The molecule has 0 aliphatic rings. The molecule has 1 aromatic rings. The van der Waals surface area contributed by atoms with E-state index in [1.807, 2.05) is 0 Å². The van der Waals surface area contributed by atoms with Crippen molar-refractivity contribution in [3.05, 3.63) is 22.4 Å². The van der Waals surface area contributed by atoms with Crippen LogP contribution in [0.5, 0.6) is 0 Å². The number of nitrogens with one attached hydrogen (secondary N) is 2. The zero-order valence-electron chi connectivity index (χ0n) is 9.97. The minimum Gasteiger partial charge on any atom is -0.394 e. The van der Waals surface area contributed by atoms with Gasteiger partial charge in [0.05, 0.1) is 30.2 Å². The highest BCUT2D eigenvalue weighted by Gasteiger charge is 2.24. The number of rotatable bonds is 6. The molecular weight excluding hydrogens is 256 g/mol. The smallest absolute Gasteiger partial charge is 0.261 e. The Hall–Kier alpha value is -1.44. The SMILES string of the molecule is CC(CO)(CO)NC(=O)CNC(=O)c1cccs1. The van der Waals surface area contributed by atoms with Crippen molar-refractivity contribution < 1.29 is 19.8 Å². The Morgan fingerprint density at radius 1 is 1.39 bits per heavy atom. The Morgan fingerprint density at radius 2 is 2.06 bits per heavy atom. The maximum Gasteiger partial charge on any atom is 0.261 e. The number of aliphatic hydroxyl groups excluding tert-OH is 2. The van der Waals surface area contributed by atoms with Crippen LogP contribution in [0.4, 0.5) is 0 Å². The number of aliphatic hydroxyl groups is 2. The lowest BCUT2D eigenvalue weighted by molar-refractivity contribution is -0.123. The van der Waals surface area contributed by atoms with Crippen molar-refractivity contribution in [2.24, 2.45) is 0 Å². The van der Waals surface area contributed by atoms with E-state index in [0.717, 1.165) is 0 Å². The van der Waals surface area contributed by atoms with Gasteiger partial charge >= 0.3 is 0 Å². The highest BCUT2D eigenvalue weighted by Crippen LogP contribution is 2.07. The van der Waals surface area contributed by atoms with Crippen LogP contribution in [-0.4, -0.2) is 47.3 Å². The number of hydrogen-bond donors (Lipinski definition) is 4. The van der Waals surface area contributed by atoms with Gasteiger partial charge in [0.15, 0.2) is 0 Å². The van der Waals surface area contributed by atoms with Crippen molar-refractivity contribution in [2.75, 3.05) is 19.8 Å². The topological polar surface area (TPSA) is 98.7 Å². The zero-order valence-corrected chi connectivity index (χ0v) is 10.8. The molecule has 0 radical (unpaired) electrons. The summed E-state index contributed by atoms with van der Waals surface area (Å²) in [4.78, 5) is 23.6. The molecule has 0 atom stereocenters. The first kappa shape index (κ1) is 14.6. The average Bonchev–Trinajstić information content (AvgIpc) is 2.89. The third-order valence-corrected chi connectivity index (χ3v) is 3.16. The lowest BCUT2D eigenvalue weighted by atomic mass is 10.1. The van der Waals surface area contributed by atoms with Crippen LogP contribution in [0, 0.1) is 0 Å². The Kier molecular flexibility index (Phi) is 5.26. The molecule has 0 saturated carbocycles. The van der Waals surface area contributed by atoms with Crippen molar-refractivity contribution in [3.8, 4) is 0 Å². The van der Waals surface area contributed by atoms with Crippen molar-refractivity contribution >= 4 is 23.2 Å². The molecule has 0 spiro atoms. The Bertz CT molecular complexity index is 401. The van der Waals surface area contributed by atoms with Gasteiger partial charge < -0.3 is 20.8 Å². The van der Waals surface area contributed by atoms with E-state index >= 15 is 0 Å². The fraction of sp³-hybridized carbons (Fsp3) is 0.455. The molecule has 1 aromatic heterocycles. The first-order chi connectivity index (χ1) is 8.50. The van der Waals surface area contributed by atoms with Crippen LogP contribution in [0.2, 0.25) is 0 Å². The molecular formula is C11H16N2O4S. The molecule has 7 heteroatoms. The van der Waals surface area contributed by atoms with E-state index in [-0.39, 0.29) is 25.7 Å². The summed E-state index contributed by atoms with van der Waals surface area (Å²) in [7, 11) is 0. The Labute approximate surface area is 109 Å². The van der Waals surface area contributed by atoms with E-state index in [4.69, 9.17) is 10.2 Å². The average molecular weight is 272 g/mol. The molecule has 2 amide bonds. The monoisotopic (exact) mass is 272 g/mol. The largest absolute Gasteiger partial charge is 0.394 e. The molecule has 0 fully saturated rings. The van der Waals surface area contributed by atoms with Crippen LogP contribution in [0.15, 0.2) is 17.5 Å². The Balaban J connectivity index is 2.40. The summed E-state index contributed by atoms with van der Waals surface area (Å²) in [5.74, 6) is -0.791. The van der Waals surface area contributed by atoms with Gasteiger partial charge in [-0.25, -0.2) is 0 Å². The van der Waals surface area contributed by atoms with Crippen LogP contribution in [-0.2, 0) is 4.79 Å². The van der Waals surface area contributed by atoms with Crippen LogP contribution >= 0.6 is 11.3 Å². The predicted octanol–water partition coefficient (Wildman–Crippen LogP) is -0.663. The third-order valence-electron chi connectivity index (χ3n) is 2.29. The van der Waals surface area contributed by atoms with Gasteiger partial charge in [-0.15, -0.1) is 11.3 Å². The normalized spacial score (nSPS) is 11.1. The summed E-state index contributed by atoms with van der Waals surface area (Å²) < 4.78 is 0. The third kappa shape index (κ3) is 4.10. The van der Waals surface area contributed by atoms with Gasteiger partial charge in [0.1, 0.15) is 0 Å². The standard InChI is InChI=1S/C11H16N2O4S/c1-11(6-14,7-15)13-9(16)5-12-10(17)8-3-2-4-18-8/h2-4,14-15H,5-7H2,1H3,(H,12,17)(H,13,16). The summed E-state index contributed by atoms with van der Waals surface area (Å²) in [6.45, 7) is 0.542. The van der Waals surface area contributed by atoms with E-state index < -0.39 is 11.4 Å². The highest BCUT2D eigenvalue weighted by atomic mass is 32.1. The van der Waals surface area contributed by atoms with Crippen molar-refractivity contribution in [1.82, 2.24) is 10.6 Å². The summed E-state index contributed by atoms with van der Waals surface area (Å²) >= 11 is 1.28. The summed E-state index contributed by atoms with van der Waals surface area (Å²) in [6, 6.07) is 3.40. The minimum absolute atomic E-state index is 0.202. The van der Waals surface area contributed by atoms with Gasteiger partial charge in [0.25, 0.3) is 5.91 Å². The van der Waals surface area contributed by atoms with Gasteiger partial charge in [0, 0.05) is 0 Å². The van der Waals surface area contributed by atoms with Crippen LogP contribution in [0.3, 0.4) is 0 Å². The molecule has 100 valence electrons. The Morgan fingerprint density at radius 3 is 2.56 bits per heavy atom. The highest BCUT2D eigenvalue weighted by molar-refractivity contribution is 7.12. The van der Waals surface area contributed by atoms with E-state index in [2.05, 4.69) is 10.6 Å². The summed E-state index contributed by atoms with van der Waals surface area (Å²) in [6.07, 6.45) is 0. The summed E-state index contributed by atoms with van der Waals surface area (Å²) in [5.41, 5.74) is -1.08. The number of carbonyl (C=O) groups excluding carboxylic acids is 2. The molecule has 0 aliphatic heterocycles. The van der Waals surface area contributed by atoms with Crippen molar-refractivity contribution in [1.29, 1.82) is 0 Å². The molecule has 0 saturated heterocycles. The molecule has 0 aromatic carbocycles. The molecule has 0 bridgehead atoms. The molecule has 1 rings (SSSR count). The zero-order chi connectivity index (χ0) is 13.6. The molecule has 1 heterocycles. The number of carbonyl (C=O) groups is 2.